The highest BCUT2D eigenvalue weighted by Crippen LogP contribution is 2.25. The van der Waals surface area contributed by atoms with E-state index in [0.717, 1.165) is 12.5 Å². The first-order valence-electron chi connectivity index (χ1n) is 9.23. The zero-order valence-electron chi connectivity index (χ0n) is 14.3. The molecule has 23 heavy (non-hydrogen) atoms. The molecule has 1 aliphatic heterocycles. The maximum atomic E-state index is 3.69. The molecule has 2 nitrogen and oxygen atoms in total. The van der Waals surface area contributed by atoms with Gasteiger partial charge in [0.1, 0.15) is 0 Å². The van der Waals surface area contributed by atoms with Gasteiger partial charge in [-0.3, -0.25) is 0 Å². The highest BCUT2D eigenvalue weighted by atomic mass is 79.9. The second-order valence-electron chi connectivity index (χ2n) is 6.97. The summed E-state index contributed by atoms with van der Waals surface area (Å²) in [5.74, 6) is 0.996. The standard InChI is InChI=1S/C20H29BrN2/c1-2-3-6-17-9-14-22(15-10-17)12-5-13-23-16-11-18-7-4-8-19(21)20(18)23/h4,7-8,11,16-17H,2-3,5-6,9-10,12-15H2,1H3. The number of halogens is 1. The van der Waals surface area contributed by atoms with Gasteiger partial charge in [-0.25, -0.2) is 0 Å². The Morgan fingerprint density at radius 2 is 1.91 bits per heavy atom. The maximum Gasteiger partial charge on any atom is 0.0624 e. The van der Waals surface area contributed by atoms with Gasteiger partial charge >= 0.3 is 0 Å². The molecule has 0 atom stereocenters. The first-order valence-corrected chi connectivity index (χ1v) is 10.0. The number of piperidine rings is 1. The predicted octanol–water partition coefficient (Wildman–Crippen LogP) is 5.70. The Balaban J connectivity index is 1.45. The highest BCUT2D eigenvalue weighted by molar-refractivity contribution is 9.10. The summed E-state index contributed by atoms with van der Waals surface area (Å²) < 4.78 is 3.60. The van der Waals surface area contributed by atoms with Gasteiger partial charge < -0.3 is 9.47 Å². The average Bonchev–Trinajstić information content (AvgIpc) is 2.99. The van der Waals surface area contributed by atoms with Crippen molar-refractivity contribution >= 4 is 26.8 Å². The van der Waals surface area contributed by atoms with Crippen LogP contribution in [0.2, 0.25) is 0 Å². The van der Waals surface area contributed by atoms with Crippen LogP contribution in [-0.4, -0.2) is 29.1 Å². The molecule has 0 saturated carbocycles. The van der Waals surface area contributed by atoms with Crippen LogP contribution < -0.4 is 0 Å². The van der Waals surface area contributed by atoms with Crippen molar-refractivity contribution < 1.29 is 0 Å². The fraction of sp³-hybridized carbons (Fsp3) is 0.600. The fourth-order valence-corrected chi connectivity index (χ4v) is 4.47. The number of likely N-dealkylation sites (tertiary alicyclic amines) is 1. The average molecular weight is 377 g/mol. The zero-order chi connectivity index (χ0) is 16.1. The van der Waals surface area contributed by atoms with Gasteiger partial charge in [-0.05, 0) is 72.9 Å². The van der Waals surface area contributed by atoms with Gasteiger partial charge in [0.15, 0.2) is 0 Å². The second kappa shape index (κ2) is 8.34. The van der Waals surface area contributed by atoms with Gasteiger partial charge in [-0.15, -0.1) is 0 Å². The first kappa shape index (κ1) is 17.0. The smallest absolute Gasteiger partial charge is 0.0624 e. The molecule has 126 valence electrons. The van der Waals surface area contributed by atoms with Crippen molar-refractivity contribution in [1.29, 1.82) is 0 Å². The Kier molecular flexibility index (Phi) is 6.18. The summed E-state index contributed by atoms with van der Waals surface area (Å²) in [4.78, 5) is 2.67. The maximum absolute atomic E-state index is 3.69. The number of rotatable bonds is 7. The molecule has 1 saturated heterocycles. The van der Waals surface area contributed by atoms with E-state index in [9.17, 15) is 0 Å². The van der Waals surface area contributed by atoms with Gasteiger partial charge in [0.25, 0.3) is 0 Å². The predicted molar refractivity (Wildman–Crippen MR) is 103 cm³/mol. The lowest BCUT2D eigenvalue weighted by atomic mass is 9.91. The minimum absolute atomic E-state index is 0.996. The van der Waals surface area contributed by atoms with E-state index in [4.69, 9.17) is 0 Å². The molecule has 1 aromatic carbocycles. The van der Waals surface area contributed by atoms with E-state index in [-0.39, 0.29) is 0 Å². The van der Waals surface area contributed by atoms with Crippen LogP contribution in [0.1, 0.15) is 45.4 Å². The van der Waals surface area contributed by atoms with Crippen LogP contribution >= 0.6 is 15.9 Å². The summed E-state index contributed by atoms with van der Waals surface area (Å²) >= 11 is 3.69. The largest absolute Gasteiger partial charge is 0.347 e. The van der Waals surface area contributed by atoms with E-state index >= 15 is 0 Å². The Hall–Kier alpha value is -0.800. The summed E-state index contributed by atoms with van der Waals surface area (Å²) in [6, 6.07) is 8.66. The van der Waals surface area contributed by atoms with Gasteiger partial charge in [0.05, 0.1) is 5.52 Å². The molecular weight excluding hydrogens is 348 g/mol. The van der Waals surface area contributed by atoms with E-state index in [0.29, 0.717) is 0 Å². The number of benzene rings is 1. The Labute approximate surface area is 149 Å². The molecule has 0 aliphatic carbocycles. The Morgan fingerprint density at radius 1 is 1.09 bits per heavy atom. The van der Waals surface area contributed by atoms with E-state index in [1.807, 2.05) is 0 Å². The third-order valence-electron chi connectivity index (χ3n) is 5.29. The number of unbranched alkanes of at least 4 members (excludes halogenated alkanes) is 1. The highest BCUT2D eigenvalue weighted by Gasteiger charge is 2.18. The number of fused-ring (bicyclic) bond motifs is 1. The molecule has 0 N–H and O–H groups in total. The van der Waals surface area contributed by atoms with Crippen LogP contribution in [0.5, 0.6) is 0 Å². The van der Waals surface area contributed by atoms with Crippen LogP contribution in [0.25, 0.3) is 10.9 Å². The van der Waals surface area contributed by atoms with E-state index in [2.05, 4.69) is 62.8 Å². The molecule has 2 heterocycles. The third-order valence-corrected chi connectivity index (χ3v) is 5.93. The lowest BCUT2D eigenvalue weighted by molar-refractivity contribution is 0.174. The molecule has 2 aromatic rings. The molecule has 0 spiro atoms. The number of para-hydroxylation sites is 1. The van der Waals surface area contributed by atoms with Crippen LogP contribution in [0, 0.1) is 5.92 Å². The van der Waals surface area contributed by atoms with Crippen molar-refractivity contribution in [3.63, 3.8) is 0 Å². The van der Waals surface area contributed by atoms with Gasteiger partial charge in [-0.1, -0.05) is 38.3 Å². The number of nitrogens with zero attached hydrogens (tertiary/aromatic N) is 2. The minimum atomic E-state index is 0.996. The van der Waals surface area contributed by atoms with Crippen molar-refractivity contribution in [2.24, 2.45) is 5.92 Å². The Bertz CT molecular complexity index is 611. The summed E-state index contributed by atoms with van der Waals surface area (Å²) in [6.07, 6.45) is 10.5. The van der Waals surface area contributed by atoms with Crippen molar-refractivity contribution in [3.05, 3.63) is 34.9 Å². The van der Waals surface area contributed by atoms with Gasteiger partial charge in [0, 0.05) is 22.6 Å². The molecule has 0 unspecified atom stereocenters. The first-order chi connectivity index (χ1) is 11.3. The summed E-state index contributed by atoms with van der Waals surface area (Å²) in [5.41, 5.74) is 1.34. The lowest BCUT2D eigenvalue weighted by Gasteiger charge is -2.32. The molecule has 1 aliphatic rings. The number of hydrogen-bond acceptors (Lipinski definition) is 1. The van der Waals surface area contributed by atoms with Crippen LogP contribution in [0.3, 0.4) is 0 Å². The van der Waals surface area contributed by atoms with Crippen LogP contribution in [0.4, 0.5) is 0 Å². The third kappa shape index (κ3) is 4.39. The molecule has 1 aromatic heterocycles. The Morgan fingerprint density at radius 3 is 2.70 bits per heavy atom. The minimum Gasteiger partial charge on any atom is -0.347 e. The molecule has 1 fully saturated rings. The summed E-state index contributed by atoms with van der Waals surface area (Å²) in [5, 5.41) is 1.33. The molecular formula is C20H29BrN2. The van der Waals surface area contributed by atoms with Crippen molar-refractivity contribution in [2.75, 3.05) is 19.6 Å². The molecule has 0 amide bonds. The zero-order valence-corrected chi connectivity index (χ0v) is 15.9. The quantitative estimate of drug-likeness (QED) is 0.601. The SMILES string of the molecule is CCCCC1CCN(CCCn2ccc3cccc(Br)c32)CC1. The number of aryl methyl sites for hydroxylation is 1. The monoisotopic (exact) mass is 376 g/mol. The van der Waals surface area contributed by atoms with Gasteiger partial charge in [0.2, 0.25) is 0 Å². The van der Waals surface area contributed by atoms with Crippen LogP contribution in [-0.2, 0) is 6.54 Å². The molecule has 0 bridgehead atoms. The molecule has 3 rings (SSSR count). The summed E-state index contributed by atoms with van der Waals surface area (Å²) in [6.45, 7) is 7.28. The van der Waals surface area contributed by atoms with Gasteiger partial charge in [-0.2, -0.15) is 0 Å². The molecule has 3 heteroatoms. The van der Waals surface area contributed by atoms with E-state index < -0.39 is 0 Å². The number of hydrogen-bond donors (Lipinski definition) is 0. The van der Waals surface area contributed by atoms with Crippen molar-refractivity contribution in [2.45, 2.75) is 52.0 Å². The number of aromatic nitrogens is 1. The summed E-state index contributed by atoms with van der Waals surface area (Å²) in [7, 11) is 0. The normalized spacial score (nSPS) is 17.1. The lowest BCUT2D eigenvalue weighted by Crippen LogP contribution is -2.34. The molecule has 0 radical (unpaired) electrons. The van der Waals surface area contributed by atoms with Crippen LogP contribution in [0.15, 0.2) is 34.9 Å². The topological polar surface area (TPSA) is 8.17 Å². The fourth-order valence-electron chi connectivity index (χ4n) is 3.86. The van der Waals surface area contributed by atoms with E-state index in [1.165, 1.54) is 73.5 Å². The second-order valence-corrected chi connectivity index (χ2v) is 7.82. The van der Waals surface area contributed by atoms with E-state index in [1.54, 1.807) is 0 Å². The van der Waals surface area contributed by atoms with Crippen molar-refractivity contribution in [1.82, 2.24) is 9.47 Å². The van der Waals surface area contributed by atoms with Crippen molar-refractivity contribution in [3.8, 4) is 0 Å².